The molecule has 2 amide bonds. The fourth-order valence-electron chi connectivity index (χ4n) is 1.98. The molecule has 0 unspecified atom stereocenters. The van der Waals surface area contributed by atoms with Crippen LogP contribution in [0, 0.1) is 6.92 Å². The van der Waals surface area contributed by atoms with E-state index in [1.807, 2.05) is 13.0 Å². The summed E-state index contributed by atoms with van der Waals surface area (Å²) in [5.74, 6) is -0.401. The molecule has 0 saturated heterocycles. The lowest BCUT2D eigenvalue weighted by molar-refractivity contribution is -0.116. The van der Waals surface area contributed by atoms with Crippen LogP contribution < -0.4 is 16.4 Å². The van der Waals surface area contributed by atoms with E-state index in [1.165, 1.54) is 0 Å². The van der Waals surface area contributed by atoms with Crippen molar-refractivity contribution in [2.24, 2.45) is 5.73 Å². The summed E-state index contributed by atoms with van der Waals surface area (Å²) >= 11 is 5.82. The van der Waals surface area contributed by atoms with Gasteiger partial charge < -0.3 is 16.4 Å². The molecule has 0 aromatic heterocycles. The van der Waals surface area contributed by atoms with Crippen LogP contribution in [0.2, 0.25) is 5.02 Å². The van der Waals surface area contributed by atoms with Gasteiger partial charge in [0.15, 0.2) is 0 Å². The molecule has 0 fully saturated rings. The van der Waals surface area contributed by atoms with Crippen molar-refractivity contribution in [3.05, 3.63) is 58.6 Å². The molecule has 0 saturated carbocycles. The lowest BCUT2D eigenvalue weighted by Gasteiger charge is -2.11. The Morgan fingerprint density at radius 1 is 1.09 bits per heavy atom. The maximum Gasteiger partial charge on any atom is 0.255 e. The molecular weight excluding hydrogens is 314 g/mol. The maximum atomic E-state index is 12.3. The number of halogens is 1. The summed E-state index contributed by atoms with van der Waals surface area (Å²) in [5, 5.41) is 6.15. The molecule has 2 aromatic rings. The molecule has 4 N–H and O–H groups in total. The first-order chi connectivity index (χ1) is 11.0. The lowest BCUT2D eigenvalue weighted by Crippen LogP contribution is -2.17. The number of carbonyl (C=O) groups is 2. The van der Waals surface area contributed by atoms with Gasteiger partial charge in [0.25, 0.3) is 5.91 Å². The van der Waals surface area contributed by atoms with Crippen LogP contribution in [0.4, 0.5) is 11.4 Å². The van der Waals surface area contributed by atoms with Gasteiger partial charge in [-0.3, -0.25) is 9.59 Å². The van der Waals surface area contributed by atoms with Crippen molar-refractivity contribution >= 4 is 34.8 Å². The van der Waals surface area contributed by atoms with E-state index in [2.05, 4.69) is 10.6 Å². The molecule has 6 heteroatoms. The highest BCUT2D eigenvalue weighted by molar-refractivity contribution is 6.30. The minimum atomic E-state index is -0.241. The molecule has 2 aromatic carbocycles. The van der Waals surface area contributed by atoms with Gasteiger partial charge in [-0.2, -0.15) is 0 Å². The zero-order valence-electron chi connectivity index (χ0n) is 12.7. The minimum Gasteiger partial charge on any atom is -0.330 e. The number of benzene rings is 2. The number of nitrogens with two attached hydrogens (primary N) is 1. The third-order valence-corrected chi connectivity index (χ3v) is 3.50. The monoisotopic (exact) mass is 331 g/mol. The number of anilines is 2. The van der Waals surface area contributed by atoms with Crippen LogP contribution in [0.3, 0.4) is 0 Å². The van der Waals surface area contributed by atoms with E-state index >= 15 is 0 Å². The normalized spacial score (nSPS) is 10.2. The SMILES string of the molecule is Cc1ccc(NC(=O)CCN)cc1NC(=O)c1ccc(Cl)cc1. The Kier molecular flexibility index (Phi) is 5.73. The van der Waals surface area contributed by atoms with Crippen LogP contribution >= 0.6 is 11.6 Å². The third-order valence-electron chi connectivity index (χ3n) is 3.25. The molecule has 23 heavy (non-hydrogen) atoms. The number of nitrogens with one attached hydrogen (secondary N) is 2. The molecule has 0 heterocycles. The predicted molar refractivity (Wildman–Crippen MR) is 92.9 cm³/mol. The zero-order valence-corrected chi connectivity index (χ0v) is 13.5. The molecule has 0 bridgehead atoms. The highest BCUT2D eigenvalue weighted by Crippen LogP contribution is 2.21. The minimum absolute atomic E-state index is 0.161. The Morgan fingerprint density at radius 3 is 2.43 bits per heavy atom. The summed E-state index contributed by atoms with van der Waals surface area (Å²) < 4.78 is 0. The molecule has 0 aliphatic rings. The largest absolute Gasteiger partial charge is 0.330 e. The highest BCUT2D eigenvalue weighted by Gasteiger charge is 2.09. The maximum absolute atomic E-state index is 12.3. The Balaban J connectivity index is 2.13. The van der Waals surface area contributed by atoms with Gasteiger partial charge >= 0.3 is 0 Å². The molecule has 120 valence electrons. The highest BCUT2D eigenvalue weighted by atomic mass is 35.5. The molecule has 0 aliphatic heterocycles. The van der Waals surface area contributed by atoms with Crippen molar-refractivity contribution in [1.82, 2.24) is 0 Å². The van der Waals surface area contributed by atoms with Crippen LogP contribution in [-0.2, 0) is 4.79 Å². The van der Waals surface area contributed by atoms with Crippen LogP contribution in [0.1, 0.15) is 22.3 Å². The van der Waals surface area contributed by atoms with E-state index in [0.717, 1.165) is 5.56 Å². The topological polar surface area (TPSA) is 84.2 Å². The van der Waals surface area contributed by atoms with E-state index < -0.39 is 0 Å². The van der Waals surface area contributed by atoms with Crippen LogP contribution in [0.15, 0.2) is 42.5 Å². The molecule has 5 nitrogen and oxygen atoms in total. The van der Waals surface area contributed by atoms with Crippen LogP contribution in [0.5, 0.6) is 0 Å². The van der Waals surface area contributed by atoms with Gasteiger partial charge in [0, 0.05) is 34.9 Å². The molecular formula is C17H18ClN3O2. The number of carbonyl (C=O) groups excluding carboxylic acids is 2. The fourth-order valence-corrected chi connectivity index (χ4v) is 2.11. The molecule has 0 radical (unpaired) electrons. The Morgan fingerprint density at radius 2 is 1.78 bits per heavy atom. The van der Waals surface area contributed by atoms with E-state index in [1.54, 1.807) is 36.4 Å². The van der Waals surface area contributed by atoms with Crippen molar-refractivity contribution < 1.29 is 9.59 Å². The smallest absolute Gasteiger partial charge is 0.255 e. The van der Waals surface area contributed by atoms with Crippen LogP contribution in [-0.4, -0.2) is 18.4 Å². The van der Waals surface area contributed by atoms with E-state index in [-0.39, 0.29) is 24.8 Å². The van der Waals surface area contributed by atoms with E-state index in [9.17, 15) is 9.59 Å². The molecule has 2 rings (SSSR count). The van der Waals surface area contributed by atoms with E-state index in [0.29, 0.717) is 22.0 Å². The van der Waals surface area contributed by atoms with Crippen molar-refractivity contribution in [3.8, 4) is 0 Å². The quantitative estimate of drug-likeness (QED) is 0.786. The number of rotatable bonds is 5. The van der Waals surface area contributed by atoms with Gasteiger partial charge in [0.2, 0.25) is 5.91 Å². The van der Waals surface area contributed by atoms with Crippen molar-refractivity contribution in [2.75, 3.05) is 17.2 Å². The first-order valence-electron chi connectivity index (χ1n) is 7.17. The summed E-state index contributed by atoms with van der Waals surface area (Å²) in [7, 11) is 0. The predicted octanol–water partition coefficient (Wildman–Crippen LogP) is 3.19. The number of amides is 2. The standard InChI is InChI=1S/C17H18ClN3O2/c1-11-2-7-14(20-16(22)8-9-19)10-15(11)21-17(23)12-3-5-13(18)6-4-12/h2-7,10H,8-9,19H2,1H3,(H,20,22)(H,21,23). The average molecular weight is 332 g/mol. The number of hydrogen-bond acceptors (Lipinski definition) is 3. The van der Waals surface area contributed by atoms with E-state index in [4.69, 9.17) is 17.3 Å². The van der Waals surface area contributed by atoms with Crippen molar-refractivity contribution in [1.29, 1.82) is 0 Å². The Labute approximate surface area is 139 Å². The second-order valence-electron chi connectivity index (χ2n) is 5.08. The van der Waals surface area contributed by atoms with Gasteiger partial charge in [0.1, 0.15) is 0 Å². The summed E-state index contributed by atoms with van der Waals surface area (Å²) in [6.07, 6.45) is 0.250. The molecule has 0 spiro atoms. The second kappa shape index (κ2) is 7.76. The molecule has 0 atom stereocenters. The fraction of sp³-hybridized carbons (Fsp3) is 0.176. The second-order valence-corrected chi connectivity index (χ2v) is 5.51. The van der Waals surface area contributed by atoms with Gasteiger partial charge in [0.05, 0.1) is 0 Å². The Hall–Kier alpha value is -2.37. The summed E-state index contributed by atoms with van der Waals surface area (Å²) in [6.45, 7) is 2.17. The summed E-state index contributed by atoms with van der Waals surface area (Å²) in [6, 6.07) is 12.0. The van der Waals surface area contributed by atoms with Crippen molar-refractivity contribution in [2.45, 2.75) is 13.3 Å². The zero-order chi connectivity index (χ0) is 16.8. The Bertz CT molecular complexity index is 714. The third kappa shape index (κ3) is 4.81. The van der Waals surface area contributed by atoms with Gasteiger partial charge in [-0.15, -0.1) is 0 Å². The first kappa shape index (κ1) is 17.0. The van der Waals surface area contributed by atoms with Gasteiger partial charge in [-0.05, 0) is 48.9 Å². The molecule has 0 aliphatic carbocycles. The van der Waals surface area contributed by atoms with Crippen molar-refractivity contribution in [3.63, 3.8) is 0 Å². The summed E-state index contributed by atoms with van der Waals surface area (Å²) in [5.41, 5.74) is 8.00. The average Bonchev–Trinajstić information content (AvgIpc) is 2.51. The van der Waals surface area contributed by atoms with Crippen LogP contribution in [0.25, 0.3) is 0 Å². The van der Waals surface area contributed by atoms with Gasteiger partial charge in [-0.1, -0.05) is 17.7 Å². The lowest BCUT2D eigenvalue weighted by atomic mass is 10.1. The number of hydrogen-bond donors (Lipinski definition) is 3. The number of aryl methyl sites for hydroxylation is 1. The first-order valence-corrected chi connectivity index (χ1v) is 7.55. The summed E-state index contributed by atoms with van der Waals surface area (Å²) in [4.78, 5) is 23.8. The van der Waals surface area contributed by atoms with Gasteiger partial charge in [-0.25, -0.2) is 0 Å².